The van der Waals surface area contributed by atoms with Gasteiger partial charge in [-0.2, -0.15) is 0 Å². The monoisotopic (exact) mass is 455 g/mol. The second-order valence-corrected chi connectivity index (χ2v) is 9.90. The highest BCUT2D eigenvalue weighted by Crippen LogP contribution is 2.35. The number of hydrogen-bond acceptors (Lipinski definition) is 6. The van der Waals surface area contributed by atoms with Crippen LogP contribution in [0.3, 0.4) is 0 Å². The molecule has 0 bridgehead atoms. The zero-order valence-electron chi connectivity index (χ0n) is 19.1. The molecule has 0 radical (unpaired) electrons. The van der Waals surface area contributed by atoms with E-state index < -0.39 is 0 Å². The number of piperidine rings is 1. The number of likely N-dealkylation sites (N-methyl/N-ethyl adjacent to an activating group) is 1. The Morgan fingerprint density at radius 2 is 2.03 bits per heavy atom. The van der Waals surface area contributed by atoms with Crippen molar-refractivity contribution in [3.63, 3.8) is 0 Å². The molecule has 1 aliphatic heterocycles. The maximum absolute atomic E-state index is 13.7. The molecule has 1 fully saturated rings. The quantitative estimate of drug-likeness (QED) is 0.607. The lowest BCUT2D eigenvalue weighted by Gasteiger charge is -2.33. The Morgan fingerprint density at radius 1 is 1.28 bits per heavy atom. The molecule has 3 aromatic rings. The van der Waals surface area contributed by atoms with Gasteiger partial charge in [-0.15, -0.1) is 11.3 Å². The molecule has 1 atom stereocenters. The zero-order chi connectivity index (χ0) is 22.8. The Hall–Kier alpha value is -2.58. The van der Waals surface area contributed by atoms with Gasteiger partial charge in [0.1, 0.15) is 22.8 Å². The molecule has 2 aromatic heterocycles. The van der Waals surface area contributed by atoms with Crippen molar-refractivity contribution in [1.29, 1.82) is 0 Å². The Labute approximate surface area is 192 Å². The van der Waals surface area contributed by atoms with E-state index in [0.717, 1.165) is 47.5 Å². The minimum absolute atomic E-state index is 0.0239. The van der Waals surface area contributed by atoms with Gasteiger partial charge < -0.3 is 15.1 Å². The van der Waals surface area contributed by atoms with Crippen molar-refractivity contribution in [1.82, 2.24) is 20.2 Å². The number of carbonyl (C=O) groups excluding carboxylic acids is 1. The fourth-order valence-corrected chi connectivity index (χ4v) is 5.40. The molecule has 1 aromatic carbocycles. The highest BCUT2D eigenvalue weighted by molar-refractivity contribution is 7.18. The lowest BCUT2D eigenvalue weighted by atomic mass is 9.95. The number of rotatable bonds is 6. The van der Waals surface area contributed by atoms with Crippen LogP contribution in [-0.4, -0.2) is 54.5 Å². The molecule has 6 nitrogen and oxygen atoms in total. The predicted octanol–water partition coefficient (Wildman–Crippen LogP) is 4.08. The van der Waals surface area contributed by atoms with Crippen molar-refractivity contribution in [2.75, 3.05) is 38.6 Å². The highest BCUT2D eigenvalue weighted by atomic mass is 32.1. The number of benzene rings is 1. The van der Waals surface area contributed by atoms with E-state index in [4.69, 9.17) is 0 Å². The number of carbonyl (C=O) groups is 1. The summed E-state index contributed by atoms with van der Waals surface area (Å²) in [5, 5.41) is 4.24. The van der Waals surface area contributed by atoms with Crippen LogP contribution in [0.25, 0.3) is 10.2 Å². The third kappa shape index (κ3) is 4.61. The van der Waals surface area contributed by atoms with E-state index in [1.54, 1.807) is 23.7 Å². The standard InChI is InChI=1S/C24H30FN5OS/c1-15-16(2)32-24-21(15)22(27-14-28-24)30-10-8-17(9-11-30)23(31)26-13-20(29(3)4)18-6-5-7-19(25)12-18/h5-7,12,14,17,20H,8-11,13H2,1-4H3,(H,26,31). The summed E-state index contributed by atoms with van der Waals surface area (Å²) in [6.07, 6.45) is 3.21. The summed E-state index contributed by atoms with van der Waals surface area (Å²) in [7, 11) is 3.88. The van der Waals surface area contributed by atoms with Crippen LogP contribution < -0.4 is 10.2 Å². The van der Waals surface area contributed by atoms with Gasteiger partial charge in [0.2, 0.25) is 5.91 Å². The van der Waals surface area contributed by atoms with E-state index in [1.807, 2.05) is 25.1 Å². The first kappa shape index (κ1) is 22.6. The van der Waals surface area contributed by atoms with Crippen LogP contribution in [0.2, 0.25) is 0 Å². The van der Waals surface area contributed by atoms with Gasteiger partial charge in [0, 0.05) is 30.4 Å². The first-order valence-electron chi connectivity index (χ1n) is 11.0. The van der Waals surface area contributed by atoms with Crippen LogP contribution in [0.1, 0.15) is 34.9 Å². The molecule has 8 heteroatoms. The Balaban J connectivity index is 1.38. The van der Waals surface area contributed by atoms with Crippen molar-refractivity contribution >= 4 is 33.3 Å². The molecular weight excluding hydrogens is 425 g/mol. The third-order valence-corrected chi connectivity index (χ3v) is 7.55. The van der Waals surface area contributed by atoms with Crippen LogP contribution in [0.15, 0.2) is 30.6 Å². The maximum atomic E-state index is 13.7. The molecule has 1 N–H and O–H groups in total. The van der Waals surface area contributed by atoms with Gasteiger partial charge in [-0.3, -0.25) is 4.79 Å². The van der Waals surface area contributed by atoms with Gasteiger partial charge >= 0.3 is 0 Å². The smallest absolute Gasteiger partial charge is 0.223 e. The predicted molar refractivity (Wildman–Crippen MR) is 128 cm³/mol. The summed E-state index contributed by atoms with van der Waals surface area (Å²) in [5.41, 5.74) is 2.10. The number of amides is 1. The number of aromatic nitrogens is 2. The summed E-state index contributed by atoms with van der Waals surface area (Å²) in [6.45, 7) is 6.28. The van der Waals surface area contributed by atoms with Gasteiger partial charge in [0.15, 0.2) is 0 Å². The fourth-order valence-electron chi connectivity index (χ4n) is 4.41. The van der Waals surface area contributed by atoms with Gasteiger partial charge in [-0.05, 0) is 64.0 Å². The molecule has 1 saturated heterocycles. The van der Waals surface area contributed by atoms with Crippen molar-refractivity contribution in [3.05, 3.63) is 52.4 Å². The lowest BCUT2D eigenvalue weighted by Crippen LogP contribution is -2.43. The van der Waals surface area contributed by atoms with Crippen molar-refractivity contribution in [3.8, 4) is 0 Å². The van der Waals surface area contributed by atoms with Gasteiger partial charge in [0.25, 0.3) is 0 Å². The second kappa shape index (κ2) is 9.50. The lowest BCUT2D eigenvalue weighted by molar-refractivity contribution is -0.125. The number of nitrogens with zero attached hydrogens (tertiary/aromatic N) is 4. The SMILES string of the molecule is Cc1sc2ncnc(N3CCC(C(=O)NCC(c4cccc(F)c4)N(C)C)CC3)c2c1C. The highest BCUT2D eigenvalue weighted by Gasteiger charge is 2.28. The summed E-state index contributed by atoms with van der Waals surface area (Å²) < 4.78 is 13.7. The minimum atomic E-state index is -0.261. The van der Waals surface area contributed by atoms with Crippen LogP contribution in [0.4, 0.5) is 10.2 Å². The normalized spacial score (nSPS) is 16.0. The summed E-state index contributed by atoms with van der Waals surface area (Å²) in [5.74, 6) is 0.768. The average molecular weight is 456 g/mol. The van der Waals surface area contributed by atoms with Crippen molar-refractivity contribution in [2.45, 2.75) is 32.7 Å². The number of nitrogens with one attached hydrogen (secondary N) is 1. The number of halogens is 1. The van der Waals surface area contributed by atoms with E-state index in [-0.39, 0.29) is 23.7 Å². The topological polar surface area (TPSA) is 61.4 Å². The molecule has 0 spiro atoms. The molecule has 4 rings (SSSR count). The van der Waals surface area contributed by atoms with Crippen molar-refractivity contribution in [2.24, 2.45) is 5.92 Å². The third-order valence-electron chi connectivity index (χ3n) is 6.44. The van der Waals surface area contributed by atoms with E-state index >= 15 is 0 Å². The molecule has 0 saturated carbocycles. The summed E-state index contributed by atoms with van der Waals surface area (Å²) in [4.78, 5) is 28.5. The minimum Gasteiger partial charge on any atom is -0.356 e. The maximum Gasteiger partial charge on any atom is 0.223 e. The zero-order valence-corrected chi connectivity index (χ0v) is 19.9. The summed E-state index contributed by atoms with van der Waals surface area (Å²) >= 11 is 1.70. The van der Waals surface area contributed by atoms with Crippen LogP contribution in [-0.2, 0) is 4.79 Å². The summed E-state index contributed by atoms with van der Waals surface area (Å²) in [6, 6.07) is 6.50. The van der Waals surface area contributed by atoms with Gasteiger partial charge in [-0.25, -0.2) is 14.4 Å². The molecule has 3 heterocycles. The Bertz CT molecular complexity index is 1110. The number of fused-ring (bicyclic) bond motifs is 1. The molecule has 1 amide bonds. The molecule has 0 aliphatic carbocycles. The number of aryl methyl sites for hydroxylation is 2. The van der Waals surface area contributed by atoms with E-state index in [2.05, 4.69) is 34.0 Å². The average Bonchev–Trinajstić information content (AvgIpc) is 3.07. The molecule has 1 unspecified atom stereocenters. The second-order valence-electron chi connectivity index (χ2n) is 8.70. The van der Waals surface area contributed by atoms with E-state index in [9.17, 15) is 9.18 Å². The molecule has 1 aliphatic rings. The number of hydrogen-bond donors (Lipinski definition) is 1. The molecule has 32 heavy (non-hydrogen) atoms. The van der Waals surface area contributed by atoms with Crippen LogP contribution >= 0.6 is 11.3 Å². The van der Waals surface area contributed by atoms with Crippen molar-refractivity contribution < 1.29 is 9.18 Å². The molecule has 170 valence electrons. The van der Waals surface area contributed by atoms with Crippen LogP contribution in [0.5, 0.6) is 0 Å². The fraction of sp³-hybridized carbons (Fsp3) is 0.458. The first-order valence-corrected chi connectivity index (χ1v) is 11.8. The Kier molecular flexibility index (Phi) is 6.71. The van der Waals surface area contributed by atoms with Gasteiger partial charge in [0.05, 0.1) is 11.4 Å². The van der Waals surface area contributed by atoms with Crippen LogP contribution in [0, 0.1) is 25.6 Å². The van der Waals surface area contributed by atoms with E-state index in [0.29, 0.717) is 6.54 Å². The number of anilines is 1. The number of thiophene rings is 1. The largest absolute Gasteiger partial charge is 0.356 e. The van der Waals surface area contributed by atoms with E-state index in [1.165, 1.54) is 22.6 Å². The Morgan fingerprint density at radius 3 is 2.72 bits per heavy atom. The first-order chi connectivity index (χ1) is 15.3. The molecular formula is C24H30FN5OS. The van der Waals surface area contributed by atoms with Gasteiger partial charge in [-0.1, -0.05) is 12.1 Å².